The lowest BCUT2D eigenvalue weighted by Gasteiger charge is -2.23. The first-order valence-electron chi connectivity index (χ1n) is 8.25. The molecule has 0 aliphatic carbocycles. The van der Waals surface area contributed by atoms with Crippen LogP contribution in [0.5, 0.6) is 0 Å². The van der Waals surface area contributed by atoms with Crippen LogP contribution in [-0.4, -0.2) is 18.5 Å². The average Bonchev–Trinajstić information content (AvgIpc) is 2.72. The van der Waals surface area contributed by atoms with Crippen molar-refractivity contribution in [3.8, 4) is 0 Å². The molecular formula is C19H21N3O3. The van der Waals surface area contributed by atoms with Crippen molar-refractivity contribution in [1.29, 1.82) is 0 Å². The Morgan fingerprint density at radius 3 is 2.68 bits per heavy atom. The van der Waals surface area contributed by atoms with Crippen molar-refractivity contribution in [2.45, 2.75) is 26.7 Å². The lowest BCUT2D eigenvalue weighted by atomic mass is 9.96. The third-order valence-electron chi connectivity index (χ3n) is 4.28. The molecule has 6 nitrogen and oxygen atoms in total. The van der Waals surface area contributed by atoms with Gasteiger partial charge in [0.25, 0.3) is 0 Å². The number of rotatable bonds is 3. The van der Waals surface area contributed by atoms with Crippen molar-refractivity contribution in [2.75, 3.05) is 16.9 Å². The largest absolute Gasteiger partial charge is 0.450 e. The van der Waals surface area contributed by atoms with Crippen LogP contribution in [0.2, 0.25) is 0 Å². The standard InChI is InChI=1S/C19H21N3O3/c1-3-25-19(24)21-14-10-16(12(2)23)15-9-8-13-6-4-5-7-17(13)22(20)18(15)11-14/h4-7,10-11H,3,8-9,20H2,1-2H3,(H,21,24). The molecule has 2 aromatic carbocycles. The minimum atomic E-state index is -0.561. The summed E-state index contributed by atoms with van der Waals surface area (Å²) in [5.41, 5.74) is 4.66. The second kappa shape index (κ2) is 6.94. The Morgan fingerprint density at radius 2 is 1.96 bits per heavy atom. The number of hydrazine groups is 1. The molecule has 6 heteroatoms. The topological polar surface area (TPSA) is 84.7 Å². The Hall–Kier alpha value is -2.86. The van der Waals surface area contributed by atoms with Gasteiger partial charge in [0.1, 0.15) is 0 Å². The highest BCUT2D eigenvalue weighted by molar-refractivity contribution is 6.00. The van der Waals surface area contributed by atoms with Crippen LogP contribution in [0.4, 0.5) is 21.9 Å². The van der Waals surface area contributed by atoms with E-state index in [1.165, 1.54) is 6.92 Å². The summed E-state index contributed by atoms with van der Waals surface area (Å²) in [7, 11) is 0. The monoisotopic (exact) mass is 339 g/mol. The van der Waals surface area contributed by atoms with E-state index in [0.29, 0.717) is 23.4 Å². The summed E-state index contributed by atoms with van der Waals surface area (Å²) in [5, 5.41) is 4.24. The van der Waals surface area contributed by atoms with E-state index in [2.05, 4.69) is 5.32 Å². The van der Waals surface area contributed by atoms with Crippen LogP contribution in [0.25, 0.3) is 0 Å². The lowest BCUT2D eigenvalue weighted by Crippen LogP contribution is -2.27. The van der Waals surface area contributed by atoms with Crippen LogP contribution in [0.15, 0.2) is 36.4 Å². The molecule has 130 valence electrons. The van der Waals surface area contributed by atoms with Gasteiger partial charge in [0, 0.05) is 11.3 Å². The molecule has 0 atom stereocenters. The Bertz CT molecular complexity index is 833. The zero-order valence-electron chi connectivity index (χ0n) is 14.3. The van der Waals surface area contributed by atoms with Gasteiger partial charge in [0.2, 0.25) is 0 Å². The van der Waals surface area contributed by atoms with E-state index in [9.17, 15) is 9.59 Å². The molecule has 0 spiro atoms. The van der Waals surface area contributed by atoms with E-state index in [4.69, 9.17) is 10.6 Å². The Labute approximate surface area is 146 Å². The van der Waals surface area contributed by atoms with Gasteiger partial charge in [-0.1, -0.05) is 18.2 Å². The molecule has 0 unspecified atom stereocenters. The van der Waals surface area contributed by atoms with Crippen LogP contribution in [0, 0.1) is 0 Å². The summed E-state index contributed by atoms with van der Waals surface area (Å²) in [6.45, 7) is 3.52. The van der Waals surface area contributed by atoms with Gasteiger partial charge in [-0.3, -0.25) is 15.1 Å². The second-order valence-corrected chi connectivity index (χ2v) is 5.92. The number of nitrogens with two attached hydrogens (primary N) is 1. The van der Waals surface area contributed by atoms with Crippen LogP contribution < -0.4 is 16.2 Å². The van der Waals surface area contributed by atoms with Gasteiger partial charge >= 0.3 is 6.09 Å². The smallest absolute Gasteiger partial charge is 0.411 e. The first-order valence-corrected chi connectivity index (χ1v) is 8.25. The molecule has 0 saturated carbocycles. The number of nitrogens with zero attached hydrogens (tertiary/aromatic N) is 1. The van der Waals surface area contributed by atoms with Crippen LogP contribution >= 0.6 is 0 Å². The molecule has 1 heterocycles. The quantitative estimate of drug-likeness (QED) is 0.660. The molecular weight excluding hydrogens is 318 g/mol. The fourth-order valence-electron chi connectivity index (χ4n) is 3.15. The van der Waals surface area contributed by atoms with Crippen molar-refractivity contribution in [1.82, 2.24) is 0 Å². The number of anilines is 3. The summed E-state index contributed by atoms with van der Waals surface area (Å²) in [4.78, 5) is 23.9. The molecule has 2 aromatic rings. The number of carbonyl (C=O) groups is 2. The van der Waals surface area contributed by atoms with Gasteiger partial charge in [-0.15, -0.1) is 0 Å². The van der Waals surface area contributed by atoms with Crippen molar-refractivity contribution in [2.24, 2.45) is 5.84 Å². The first-order chi connectivity index (χ1) is 12.0. The lowest BCUT2D eigenvalue weighted by molar-refractivity contribution is 0.101. The number of Topliss-reactive ketones (excluding diaryl/α,β-unsaturated/α-hetero) is 1. The van der Waals surface area contributed by atoms with Crippen molar-refractivity contribution in [3.05, 3.63) is 53.1 Å². The summed E-state index contributed by atoms with van der Waals surface area (Å²) in [6.07, 6.45) is 0.936. The molecule has 25 heavy (non-hydrogen) atoms. The normalized spacial score (nSPS) is 12.7. The Kier molecular flexibility index (Phi) is 4.72. The number of nitrogens with one attached hydrogen (secondary N) is 1. The number of fused-ring (bicyclic) bond motifs is 2. The van der Waals surface area contributed by atoms with Gasteiger partial charge in [0.05, 0.1) is 18.0 Å². The molecule has 1 aliphatic rings. The summed E-state index contributed by atoms with van der Waals surface area (Å²) in [5.74, 6) is 6.30. The SMILES string of the molecule is CCOC(=O)Nc1cc(C(C)=O)c2c(c1)N(N)c1ccccc1CC2. The highest BCUT2D eigenvalue weighted by Crippen LogP contribution is 2.37. The molecule has 0 radical (unpaired) electrons. The second-order valence-electron chi connectivity index (χ2n) is 5.92. The Morgan fingerprint density at radius 1 is 1.20 bits per heavy atom. The van der Waals surface area contributed by atoms with E-state index >= 15 is 0 Å². The van der Waals surface area contributed by atoms with E-state index in [1.54, 1.807) is 24.1 Å². The fraction of sp³-hybridized carbons (Fsp3) is 0.263. The third kappa shape index (κ3) is 3.34. The van der Waals surface area contributed by atoms with Gasteiger partial charge in [-0.05, 0) is 56.0 Å². The minimum absolute atomic E-state index is 0.0666. The number of benzene rings is 2. The number of hydrogen-bond acceptors (Lipinski definition) is 5. The third-order valence-corrected chi connectivity index (χ3v) is 4.28. The molecule has 0 bridgehead atoms. The highest BCUT2D eigenvalue weighted by Gasteiger charge is 2.23. The van der Waals surface area contributed by atoms with Gasteiger partial charge in [-0.25, -0.2) is 10.6 Å². The predicted molar refractivity (Wildman–Crippen MR) is 97.3 cm³/mol. The zero-order chi connectivity index (χ0) is 18.0. The van der Waals surface area contributed by atoms with Crippen molar-refractivity contribution < 1.29 is 14.3 Å². The first kappa shape index (κ1) is 17.0. The molecule has 0 aromatic heterocycles. The number of ether oxygens (including phenoxy) is 1. The number of ketones is 1. The van der Waals surface area contributed by atoms with Gasteiger partial charge < -0.3 is 4.74 Å². The maximum atomic E-state index is 12.2. The average molecular weight is 339 g/mol. The van der Waals surface area contributed by atoms with E-state index in [1.807, 2.05) is 24.3 Å². The molecule has 1 aliphatic heterocycles. The van der Waals surface area contributed by atoms with E-state index in [-0.39, 0.29) is 12.4 Å². The number of carbonyl (C=O) groups excluding carboxylic acids is 2. The number of para-hydroxylation sites is 1. The predicted octanol–water partition coefficient (Wildman–Crippen LogP) is 3.57. The maximum absolute atomic E-state index is 12.2. The Balaban J connectivity index is 2.10. The highest BCUT2D eigenvalue weighted by atomic mass is 16.5. The zero-order valence-corrected chi connectivity index (χ0v) is 14.3. The summed E-state index contributed by atoms with van der Waals surface area (Å²) < 4.78 is 4.92. The van der Waals surface area contributed by atoms with Gasteiger partial charge in [0.15, 0.2) is 5.78 Å². The molecule has 0 saturated heterocycles. The van der Waals surface area contributed by atoms with Gasteiger partial charge in [-0.2, -0.15) is 0 Å². The molecule has 1 amide bonds. The van der Waals surface area contributed by atoms with E-state index < -0.39 is 6.09 Å². The number of hydrogen-bond donors (Lipinski definition) is 2. The molecule has 3 rings (SSSR count). The fourth-order valence-corrected chi connectivity index (χ4v) is 3.15. The van der Waals surface area contributed by atoms with Crippen LogP contribution in [-0.2, 0) is 17.6 Å². The van der Waals surface area contributed by atoms with Crippen molar-refractivity contribution in [3.63, 3.8) is 0 Å². The molecule has 3 N–H and O–H groups in total. The van der Waals surface area contributed by atoms with Crippen LogP contribution in [0.1, 0.15) is 35.3 Å². The minimum Gasteiger partial charge on any atom is -0.450 e. The number of amides is 1. The van der Waals surface area contributed by atoms with Crippen molar-refractivity contribution >= 4 is 28.9 Å². The molecule has 0 fully saturated rings. The maximum Gasteiger partial charge on any atom is 0.411 e. The van der Waals surface area contributed by atoms with Crippen LogP contribution in [0.3, 0.4) is 0 Å². The van der Waals surface area contributed by atoms with E-state index in [0.717, 1.165) is 23.2 Å². The summed E-state index contributed by atoms with van der Waals surface area (Å²) >= 11 is 0. The summed E-state index contributed by atoms with van der Waals surface area (Å²) in [6, 6.07) is 11.3. The number of aryl methyl sites for hydroxylation is 1.